The molecule has 0 fully saturated rings. The Morgan fingerprint density at radius 3 is 1.94 bits per heavy atom. The topological polar surface area (TPSA) is 21.3 Å². The fraction of sp³-hybridized carbons (Fsp3) is 1.00. The van der Waals surface area contributed by atoms with Crippen molar-refractivity contribution < 1.29 is 4.74 Å². The molecule has 0 aliphatic carbocycles. The molecule has 0 heterocycles. The summed E-state index contributed by atoms with van der Waals surface area (Å²) < 4.78 is 5.42. The van der Waals surface area contributed by atoms with Crippen LogP contribution < -0.4 is 5.32 Å². The maximum absolute atomic E-state index is 5.42. The van der Waals surface area contributed by atoms with E-state index in [1.54, 1.807) is 0 Å². The number of rotatable bonds is 13. The largest absolute Gasteiger partial charge is 0.380 e. The second-order valence-electron chi connectivity index (χ2n) is 5.37. The molecular weight excluding hydrogens is 222 g/mol. The van der Waals surface area contributed by atoms with Crippen molar-refractivity contribution in [3.63, 3.8) is 0 Å². The van der Waals surface area contributed by atoms with Crippen molar-refractivity contribution in [3.8, 4) is 0 Å². The first-order chi connectivity index (χ1) is 8.76. The predicted octanol–water partition coefficient (Wildman–Crippen LogP) is 4.53. The van der Waals surface area contributed by atoms with Crippen LogP contribution >= 0.6 is 0 Å². The Morgan fingerprint density at radius 2 is 1.44 bits per heavy atom. The Kier molecular flexibility index (Phi) is 13.3. The van der Waals surface area contributed by atoms with Gasteiger partial charge in [0.05, 0.1) is 6.10 Å². The van der Waals surface area contributed by atoms with Crippen molar-refractivity contribution in [1.29, 1.82) is 0 Å². The van der Waals surface area contributed by atoms with Gasteiger partial charge in [-0.15, -0.1) is 0 Å². The molecule has 2 unspecified atom stereocenters. The van der Waals surface area contributed by atoms with Crippen molar-refractivity contribution in [1.82, 2.24) is 5.32 Å². The highest BCUT2D eigenvalue weighted by atomic mass is 16.5. The average Bonchev–Trinajstić information content (AvgIpc) is 2.39. The van der Waals surface area contributed by atoms with Crippen molar-refractivity contribution in [2.45, 2.75) is 90.7 Å². The molecule has 2 heteroatoms. The normalized spacial score (nSPS) is 14.7. The van der Waals surface area contributed by atoms with E-state index in [1.807, 2.05) is 7.11 Å². The van der Waals surface area contributed by atoms with E-state index in [0.29, 0.717) is 12.1 Å². The number of hydrogen-bond acceptors (Lipinski definition) is 2. The van der Waals surface area contributed by atoms with Crippen molar-refractivity contribution in [2.24, 2.45) is 0 Å². The summed E-state index contributed by atoms with van der Waals surface area (Å²) in [6, 6.07) is 0.528. The third-order valence-corrected chi connectivity index (χ3v) is 3.77. The zero-order chi connectivity index (χ0) is 13.6. The summed E-state index contributed by atoms with van der Waals surface area (Å²) >= 11 is 0. The van der Waals surface area contributed by atoms with E-state index in [0.717, 1.165) is 6.54 Å². The first-order valence-corrected chi connectivity index (χ1v) is 8.02. The second-order valence-corrected chi connectivity index (χ2v) is 5.37. The van der Waals surface area contributed by atoms with E-state index in [9.17, 15) is 0 Å². The van der Waals surface area contributed by atoms with E-state index in [2.05, 4.69) is 26.1 Å². The molecule has 110 valence electrons. The van der Waals surface area contributed by atoms with Crippen LogP contribution in [0.25, 0.3) is 0 Å². The van der Waals surface area contributed by atoms with Crippen LogP contribution in [0.1, 0.15) is 78.6 Å². The minimum absolute atomic E-state index is 0.328. The molecule has 0 radical (unpaired) electrons. The number of likely N-dealkylation sites (N-methyl/N-ethyl adjacent to an activating group) is 1. The number of unbranched alkanes of at least 4 members (excludes halogenated alkanes) is 7. The SMILES string of the molecule is CCCCCCCCCCC(NCC)C(C)OC. The zero-order valence-corrected chi connectivity index (χ0v) is 13.1. The molecule has 0 aromatic carbocycles. The minimum atomic E-state index is 0.328. The summed E-state index contributed by atoms with van der Waals surface area (Å²) in [6.07, 6.45) is 12.7. The first kappa shape index (κ1) is 17.9. The van der Waals surface area contributed by atoms with Crippen LogP contribution in [-0.2, 0) is 4.74 Å². The fourth-order valence-electron chi connectivity index (χ4n) is 2.43. The van der Waals surface area contributed by atoms with Crippen LogP contribution in [-0.4, -0.2) is 25.8 Å². The number of nitrogens with one attached hydrogen (secondary N) is 1. The average molecular weight is 257 g/mol. The van der Waals surface area contributed by atoms with Crippen molar-refractivity contribution in [2.75, 3.05) is 13.7 Å². The molecule has 0 aliphatic rings. The molecule has 2 nitrogen and oxygen atoms in total. The Hall–Kier alpha value is -0.0800. The van der Waals surface area contributed by atoms with E-state index < -0.39 is 0 Å². The molecule has 0 aromatic heterocycles. The molecule has 0 saturated heterocycles. The zero-order valence-electron chi connectivity index (χ0n) is 13.1. The lowest BCUT2D eigenvalue weighted by Gasteiger charge is -2.23. The molecular formula is C16H35NO. The third kappa shape index (κ3) is 9.90. The van der Waals surface area contributed by atoms with Gasteiger partial charge in [0.2, 0.25) is 0 Å². The van der Waals surface area contributed by atoms with E-state index in [-0.39, 0.29) is 0 Å². The van der Waals surface area contributed by atoms with Gasteiger partial charge in [-0.05, 0) is 19.9 Å². The van der Waals surface area contributed by atoms with E-state index in [1.165, 1.54) is 57.8 Å². The highest BCUT2D eigenvalue weighted by Crippen LogP contribution is 2.12. The summed E-state index contributed by atoms with van der Waals surface area (Å²) in [5.74, 6) is 0. The summed E-state index contributed by atoms with van der Waals surface area (Å²) in [6.45, 7) is 7.65. The maximum atomic E-state index is 5.42. The number of hydrogen-bond donors (Lipinski definition) is 1. The van der Waals surface area contributed by atoms with Crippen LogP contribution in [0.3, 0.4) is 0 Å². The molecule has 0 amide bonds. The lowest BCUT2D eigenvalue weighted by Crippen LogP contribution is -2.39. The van der Waals surface area contributed by atoms with Crippen molar-refractivity contribution in [3.05, 3.63) is 0 Å². The van der Waals surface area contributed by atoms with Gasteiger partial charge in [-0.2, -0.15) is 0 Å². The van der Waals surface area contributed by atoms with Crippen LogP contribution in [0, 0.1) is 0 Å². The van der Waals surface area contributed by atoms with Gasteiger partial charge in [-0.25, -0.2) is 0 Å². The Morgan fingerprint density at radius 1 is 0.889 bits per heavy atom. The monoisotopic (exact) mass is 257 g/mol. The molecule has 2 atom stereocenters. The molecule has 0 aliphatic heterocycles. The van der Waals surface area contributed by atoms with Crippen LogP contribution in [0.2, 0.25) is 0 Å². The van der Waals surface area contributed by atoms with Crippen molar-refractivity contribution >= 4 is 0 Å². The van der Waals surface area contributed by atoms with Crippen LogP contribution in [0.15, 0.2) is 0 Å². The van der Waals surface area contributed by atoms with Gasteiger partial charge in [0.15, 0.2) is 0 Å². The molecule has 0 aromatic rings. The van der Waals surface area contributed by atoms with Gasteiger partial charge in [-0.1, -0.05) is 65.2 Å². The van der Waals surface area contributed by atoms with Gasteiger partial charge in [-0.3, -0.25) is 0 Å². The standard InChI is InChI=1S/C16H35NO/c1-5-7-8-9-10-11-12-13-14-16(17-6-2)15(3)18-4/h15-17H,5-14H2,1-4H3. The summed E-state index contributed by atoms with van der Waals surface area (Å²) in [7, 11) is 1.81. The molecule has 18 heavy (non-hydrogen) atoms. The summed E-state index contributed by atoms with van der Waals surface area (Å²) in [5, 5.41) is 3.53. The Labute approximate surface area is 115 Å². The van der Waals surface area contributed by atoms with Crippen LogP contribution in [0.4, 0.5) is 0 Å². The van der Waals surface area contributed by atoms with Crippen LogP contribution in [0.5, 0.6) is 0 Å². The predicted molar refractivity (Wildman–Crippen MR) is 81.2 cm³/mol. The van der Waals surface area contributed by atoms with Gasteiger partial charge < -0.3 is 10.1 Å². The highest BCUT2D eigenvalue weighted by molar-refractivity contribution is 4.72. The van der Waals surface area contributed by atoms with E-state index in [4.69, 9.17) is 4.74 Å². The molecule has 0 saturated carbocycles. The van der Waals surface area contributed by atoms with Gasteiger partial charge >= 0.3 is 0 Å². The fourth-order valence-corrected chi connectivity index (χ4v) is 2.43. The quantitative estimate of drug-likeness (QED) is 0.489. The van der Waals surface area contributed by atoms with Gasteiger partial charge in [0.1, 0.15) is 0 Å². The lowest BCUT2D eigenvalue weighted by molar-refractivity contribution is 0.0796. The first-order valence-electron chi connectivity index (χ1n) is 8.02. The summed E-state index contributed by atoms with van der Waals surface area (Å²) in [5.41, 5.74) is 0. The van der Waals surface area contributed by atoms with Gasteiger partial charge in [0, 0.05) is 13.2 Å². The lowest BCUT2D eigenvalue weighted by atomic mass is 10.0. The van der Waals surface area contributed by atoms with Gasteiger partial charge in [0.25, 0.3) is 0 Å². The molecule has 0 spiro atoms. The highest BCUT2D eigenvalue weighted by Gasteiger charge is 2.14. The molecule has 1 N–H and O–H groups in total. The summed E-state index contributed by atoms with van der Waals surface area (Å²) in [4.78, 5) is 0. The van der Waals surface area contributed by atoms with E-state index >= 15 is 0 Å². The second kappa shape index (κ2) is 13.4. The number of ether oxygens (including phenoxy) is 1. The maximum Gasteiger partial charge on any atom is 0.0696 e. The molecule has 0 bridgehead atoms. The molecule has 0 rings (SSSR count). The third-order valence-electron chi connectivity index (χ3n) is 3.77. The number of methoxy groups -OCH3 is 1. The minimum Gasteiger partial charge on any atom is -0.380 e. The Balaban J connectivity index is 3.43. The smallest absolute Gasteiger partial charge is 0.0696 e. The Bertz CT molecular complexity index is 161.